The van der Waals surface area contributed by atoms with Crippen LogP contribution in [0.3, 0.4) is 0 Å². The van der Waals surface area contributed by atoms with Crippen molar-refractivity contribution < 1.29 is 0 Å². The number of nitrogens with zero attached hydrogens (tertiary/aromatic N) is 1. The highest BCUT2D eigenvalue weighted by molar-refractivity contribution is 8.00. The lowest BCUT2D eigenvalue weighted by Crippen LogP contribution is -2.43. The van der Waals surface area contributed by atoms with E-state index in [-0.39, 0.29) is 10.6 Å². The van der Waals surface area contributed by atoms with E-state index in [1.54, 1.807) is 0 Å². The van der Waals surface area contributed by atoms with Gasteiger partial charge in [-0.3, -0.25) is 5.41 Å². The molecule has 3 N–H and O–H groups in total. The molecule has 0 atom stereocenters. The highest BCUT2D eigenvalue weighted by Crippen LogP contribution is 2.36. The number of anilines is 1. The smallest absolute Gasteiger partial charge is 0.123 e. The van der Waals surface area contributed by atoms with E-state index in [1.807, 2.05) is 23.9 Å². The second-order valence-corrected chi connectivity index (χ2v) is 7.92. The van der Waals surface area contributed by atoms with Crippen LogP contribution in [-0.2, 0) is 0 Å². The van der Waals surface area contributed by atoms with Gasteiger partial charge in [0.15, 0.2) is 0 Å². The van der Waals surface area contributed by atoms with Crippen molar-refractivity contribution in [2.24, 2.45) is 5.73 Å². The third-order valence-electron chi connectivity index (χ3n) is 3.96. The monoisotopic (exact) mass is 299 g/mol. The molecular formula is C17H21N3S. The Bertz CT molecular complexity index is 693. The van der Waals surface area contributed by atoms with Crippen molar-refractivity contribution in [2.75, 3.05) is 23.7 Å². The van der Waals surface area contributed by atoms with Gasteiger partial charge in [-0.15, -0.1) is 0 Å². The standard InChI is InChI=1S/C17H21N3S/c1-17(2)11-20(9-10-21-17)15-8-7-14(16(18)19)12-5-3-4-6-13(12)15/h3-8H,9-11H2,1-2H3,(H3,18,19). The number of hydrogen-bond donors (Lipinski definition) is 2. The van der Waals surface area contributed by atoms with E-state index in [2.05, 4.69) is 43.0 Å². The summed E-state index contributed by atoms with van der Waals surface area (Å²) in [6.07, 6.45) is 0. The van der Waals surface area contributed by atoms with Gasteiger partial charge in [-0.2, -0.15) is 11.8 Å². The summed E-state index contributed by atoms with van der Waals surface area (Å²) in [7, 11) is 0. The number of hydrogen-bond acceptors (Lipinski definition) is 3. The van der Waals surface area contributed by atoms with Crippen LogP contribution in [-0.4, -0.2) is 29.4 Å². The Morgan fingerprint density at radius 3 is 2.57 bits per heavy atom. The summed E-state index contributed by atoms with van der Waals surface area (Å²) in [5, 5.41) is 10.0. The third kappa shape index (κ3) is 2.72. The summed E-state index contributed by atoms with van der Waals surface area (Å²) in [5.74, 6) is 1.28. The molecule has 2 aromatic carbocycles. The normalized spacial score (nSPS) is 17.9. The summed E-state index contributed by atoms with van der Waals surface area (Å²) in [4.78, 5) is 2.46. The fraction of sp³-hybridized carbons (Fsp3) is 0.353. The lowest BCUT2D eigenvalue weighted by atomic mass is 10.0. The molecule has 1 saturated heterocycles. The fourth-order valence-electron chi connectivity index (χ4n) is 3.02. The molecule has 1 heterocycles. The van der Waals surface area contributed by atoms with E-state index in [0.717, 1.165) is 29.8 Å². The zero-order valence-corrected chi connectivity index (χ0v) is 13.3. The van der Waals surface area contributed by atoms with Gasteiger partial charge in [0, 0.05) is 40.2 Å². The Hall–Kier alpha value is -1.68. The van der Waals surface area contributed by atoms with E-state index in [9.17, 15) is 0 Å². The number of benzene rings is 2. The Balaban J connectivity index is 2.12. The van der Waals surface area contributed by atoms with E-state index < -0.39 is 0 Å². The average molecular weight is 299 g/mol. The number of nitrogens with two attached hydrogens (primary N) is 1. The van der Waals surface area contributed by atoms with Gasteiger partial charge in [0.1, 0.15) is 5.84 Å². The Kier molecular flexibility index (Phi) is 3.57. The highest BCUT2D eigenvalue weighted by atomic mass is 32.2. The molecule has 1 aliphatic rings. The lowest BCUT2D eigenvalue weighted by Gasteiger charge is -2.39. The molecule has 0 bridgehead atoms. The van der Waals surface area contributed by atoms with Crippen LogP contribution in [0.25, 0.3) is 10.8 Å². The van der Waals surface area contributed by atoms with E-state index in [1.165, 1.54) is 11.1 Å². The van der Waals surface area contributed by atoms with Crippen molar-refractivity contribution in [1.82, 2.24) is 0 Å². The minimum Gasteiger partial charge on any atom is -0.384 e. The molecule has 3 nitrogen and oxygen atoms in total. The topological polar surface area (TPSA) is 53.1 Å². The molecule has 1 aliphatic heterocycles. The van der Waals surface area contributed by atoms with Gasteiger partial charge in [0.25, 0.3) is 0 Å². The van der Waals surface area contributed by atoms with Crippen LogP contribution in [0.2, 0.25) is 0 Å². The molecule has 0 amide bonds. The maximum absolute atomic E-state index is 7.76. The number of thioether (sulfide) groups is 1. The first-order chi connectivity index (χ1) is 9.98. The molecule has 0 aliphatic carbocycles. The molecule has 0 saturated carbocycles. The Morgan fingerprint density at radius 1 is 1.19 bits per heavy atom. The fourth-order valence-corrected chi connectivity index (χ4v) is 4.13. The maximum Gasteiger partial charge on any atom is 0.123 e. The van der Waals surface area contributed by atoms with Gasteiger partial charge in [-0.05, 0) is 31.4 Å². The predicted octanol–water partition coefficient (Wildman–Crippen LogP) is 3.46. The number of nitrogens with one attached hydrogen (secondary N) is 1. The maximum atomic E-state index is 7.76. The van der Waals surface area contributed by atoms with Crippen LogP contribution >= 0.6 is 11.8 Å². The van der Waals surface area contributed by atoms with Crippen LogP contribution in [0, 0.1) is 5.41 Å². The minimum absolute atomic E-state index is 0.132. The molecule has 0 unspecified atom stereocenters. The molecule has 110 valence electrons. The molecule has 21 heavy (non-hydrogen) atoms. The molecule has 0 radical (unpaired) electrons. The summed E-state index contributed by atoms with van der Waals surface area (Å²) < 4.78 is 0.276. The van der Waals surface area contributed by atoms with Crippen LogP contribution in [0.4, 0.5) is 5.69 Å². The van der Waals surface area contributed by atoms with E-state index in [0.29, 0.717) is 0 Å². The van der Waals surface area contributed by atoms with Crippen molar-refractivity contribution in [3.05, 3.63) is 42.0 Å². The molecular weight excluding hydrogens is 278 g/mol. The molecule has 1 fully saturated rings. The van der Waals surface area contributed by atoms with Gasteiger partial charge in [0.05, 0.1) is 0 Å². The average Bonchev–Trinajstić information content (AvgIpc) is 2.44. The van der Waals surface area contributed by atoms with Crippen LogP contribution in [0.5, 0.6) is 0 Å². The minimum atomic E-state index is 0.132. The summed E-state index contributed by atoms with van der Waals surface area (Å²) >= 11 is 2.04. The van der Waals surface area contributed by atoms with Crippen LogP contribution in [0.1, 0.15) is 19.4 Å². The van der Waals surface area contributed by atoms with Crippen molar-refractivity contribution in [3.63, 3.8) is 0 Å². The first kappa shape index (κ1) is 14.3. The third-order valence-corrected chi connectivity index (χ3v) is 5.25. The predicted molar refractivity (Wildman–Crippen MR) is 93.7 cm³/mol. The number of fused-ring (bicyclic) bond motifs is 1. The van der Waals surface area contributed by atoms with E-state index in [4.69, 9.17) is 11.1 Å². The molecule has 0 spiro atoms. The largest absolute Gasteiger partial charge is 0.384 e. The second-order valence-electron chi connectivity index (χ2n) is 6.12. The summed E-state index contributed by atoms with van der Waals surface area (Å²) in [6, 6.07) is 12.3. The zero-order valence-electron chi connectivity index (χ0n) is 12.5. The molecule has 0 aromatic heterocycles. The van der Waals surface area contributed by atoms with Gasteiger partial charge in [-0.25, -0.2) is 0 Å². The number of nitrogen functional groups attached to an aromatic ring is 1. The van der Waals surface area contributed by atoms with Gasteiger partial charge in [0.2, 0.25) is 0 Å². The van der Waals surface area contributed by atoms with Crippen molar-refractivity contribution in [3.8, 4) is 0 Å². The second kappa shape index (κ2) is 5.26. The van der Waals surface area contributed by atoms with Crippen LogP contribution in [0.15, 0.2) is 36.4 Å². The summed E-state index contributed by atoms with van der Waals surface area (Å²) in [5.41, 5.74) is 7.79. The van der Waals surface area contributed by atoms with Gasteiger partial charge < -0.3 is 10.6 Å². The molecule has 3 rings (SSSR count). The Morgan fingerprint density at radius 2 is 1.90 bits per heavy atom. The lowest BCUT2D eigenvalue weighted by molar-refractivity contribution is 0.649. The van der Waals surface area contributed by atoms with Crippen molar-refractivity contribution in [2.45, 2.75) is 18.6 Å². The Labute approximate surface area is 130 Å². The van der Waals surface area contributed by atoms with E-state index >= 15 is 0 Å². The quantitative estimate of drug-likeness (QED) is 0.659. The van der Waals surface area contributed by atoms with Gasteiger partial charge in [-0.1, -0.05) is 24.3 Å². The van der Waals surface area contributed by atoms with Crippen LogP contribution < -0.4 is 10.6 Å². The van der Waals surface area contributed by atoms with Crippen molar-refractivity contribution >= 4 is 34.1 Å². The molecule has 2 aromatic rings. The zero-order chi connectivity index (χ0) is 15.0. The number of amidine groups is 1. The summed E-state index contributed by atoms with van der Waals surface area (Å²) in [6.45, 7) is 6.71. The highest BCUT2D eigenvalue weighted by Gasteiger charge is 2.28. The van der Waals surface area contributed by atoms with Crippen molar-refractivity contribution in [1.29, 1.82) is 5.41 Å². The van der Waals surface area contributed by atoms with Gasteiger partial charge >= 0.3 is 0 Å². The SMILES string of the molecule is CC1(C)CN(c2ccc(C(=N)N)c3ccccc23)CCS1. The first-order valence-electron chi connectivity index (χ1n) is 7.23. The number of rotatable bonds is 2. The first-order valence-corrected chi connectivity index (χ1v) is 8.21. The molecule has 4 heteroatoms.